The van der Waals surface area contributed by atoms with Crippen molar-refractivity contribution in [2.75, 3.05) is 6.61 Å². The normalized spacial score (nSPS) is 14.8. The second-order valence-electron chi connectivity index (χ2n) is 4.71. The van der Waals surface area contributed by atoms with Gasteiger partial charge in [-0.1, -0.05) is 6.07 Å². The molecule has 5 heteroatoms. The molecule has 1 unspecified atom stereocenters. The Kier molecular flexibility index (Phi) is 4.16. The zero-order valence-electron chi connectivity index (χ0n) is 10.6. The number of fused-ring (bicyclic) bond motifs is 1. The van der Waals surface area contributed by atoms with Crippen LogP contribution in [0, 0.1) is 0 Å². The minimum Gasteiger partial charge on any atom is -0.480 e. The van der Waals surface area contributed by atoms with Crippen molar-refractivity contribution >= 4 is 11.9 Å². The summed E-state index contributed by atoms with van der Waals surface area (Å²) in [6.07, 6.45) is 3.11. The lowest BCUT2D eigenvalue weighted by molar-refractivity contribution is -0.139. The summed E-state index contributed by atoms with van der Waals surface area (Å²) in [6.45, 7) is -0.276. The van der Waals surface area contributed by atoms with Crippen molar-refractivity contribution in [2.45, 2.75) is 31.7 Å². The van der Waals surface area contributed by atoms with E-state index in [1.807, 2.05) is 12.1 Å². The molecule has 0 spiro atoms. The van der Waals surface area contributed by atoms with Crippen molar-refractivity contribution in [3.8, 4) is 0 Å². The van der Waals surface area contributed by atoms with Gasteiger partial charge in [-0.2, -0.15) is 0 Å². The van der Waals surface area contributed by atoms with Crippen LogP contribution in [0.5, 0.6) is 0 Å². The summed E-state index contributed by atoms with van der Waals surface area (Å²) < 4.78 is 0. The Morgan fingerprint density at radius 2 is 2.00 bits per heavy atom. The lowest BCUT2D eigenvalue weighted by Gasteiger charge is -2.13. The maximum Gasteiger partial charge on any atom is 0.326 e. The van der Waals surface area contributed by atoms with Crippen molar-refractivity contribution in [3.63, 3.8) is 0 Å². The molecule has 0 aromatic heterocycles. The number of carboxylic acid groups (broad SMARTS) is 1. The van der Waals surface area contributed by atoms with E-state index in [0.717, 1.165) is 19.3 Å². The van der Waals surface area contributed by atoms with E-state index in [4.69, 9.17) is 10.2 Å². The number of aliphatic hydroxyl groups excluding tert-OH is 1. The second-order valence-corrected chi connectivity index (χ2v) is 4.71. The molecular weight excluding hydrogens is 246 g/mol. The average Bonchev–Trinajstić information content (AvgIpc) is 2.85. The van der Waals surface area contributed by atoms with Crippen LogP contribution in [0.4, 0.5) is 0 Å². The largest absolute Gasteiger partial charge is 0.480 e. The first-order chi connectivity index (χ1) is 9.11. The number of aliphatic carboxylic acids is 1. The molecule has 0 saturated carbocycles. The lowest BCUT2D eigenvalue weighted by atomic mass is 10.1. The molecule has 0 aliphatic heterocycles. The van der Waals surface area contributed by atoms with Crippen molar-refractivity contribution in [1.82, 2.24) is 5.32 Å². The molecule has 0 heterocycles. The predicted molar refractivity (Wildman–Crippen MR) is 69.1 cm³/mol. The molecule has 0 bridgehead atoms. The molecule has 0 saturated heterocycles. The molecule has 0 fully saturated rings. The zero-order chi connectivity index (χ0) is 13.8. The van der Waals surface area contributed by atoms with Crippen LogP contribution in [0.15, 0.2) is 18.2 Å². The molecule has 5 nitrogen and oxygen atoms in total. The number of aryl methyl sites for hydroxylation is 2. The highest BCUT2D eigenvalue weighted by atomic mass is 16.4. The van der Waals surface area contributed by atoms with Crippen LogP contribution in [0.3, 0.4) is 0 Å². The number of nitrogens with one attached hydrogen (secondary N) is 1. The van der Waals surface area contributed by atoms with E-state index < -0.39 is 17.9 Å². The molecular formula is C14H17NO4. The standard InChI is InChI=1S/C14H17NO4/c16-7-6-12(14(18)19)15-13(17)11-5-4-9-2-1-3-10(9)8-11/h4-5,8,12,16H,1-3,6-7H2,(H,15,17)(H,18,19). The molecule has 1 aliphatic rings. The zero-order valence-corrected chi connectivity index (χ0v) is 10.6. The number of rotatable bonds is 5. The first-order valence-electron chi connectivity index (χ1n) is 6.38. The van der Waals surface area contributed by atoms with Gasteiger partial charge in [-0.05, 0) is 42.5 Å². The molecule has 1 aromatic carbocycles. The topological polar surface area (TPSA) is 86.6 Å². The highest BCUT2D eigenvalue weighted by Crippen LogP contribution is 2.22. The van der Waals surface area contributed by atoms with Gasteiger partial charge in [0.15, 0.2) is 0 Å². The Hall–Kier alpha value is -1.88. The third-order valence-electron chi connectivity index (χ3n) is 3.38. The van der Waals surface area contributed by atoms with Crippen LogP contribution in [-0.4, -0.2) is 34.7 Å². The lowest BCUT2D eigenvalue weighted by Crippen LogP contribution is -2.41. The van der Waals surface area contributed by atoms with Gasteiger partial charge in [0.2, 0.25) is 0 Å². The third kappa shape index (κ3) is 3.12. The second kappa shape index (κ2) is 5.84. The van der Waals surface area contributed by atoms with Crippen molar-refractivity contribution in [1.29, 1.82) is 0 Å². The predicted octanol–water partition coefficient (Wildman–Crippen LogP) is 0.741. The Bertz CT molecular complexity index is 498. The molecule has 1 aromatic rings. The summed E-state index contributed by atoms with van der Waals surface area (Å²) in [4.78, 5) is 22.9. The first-order valence-corrected chi connectivity index (χ1v) is 6.38. The summed E-state index contributed by atoms with van der Waals surface area (Å²) in [6, 6.07) is 4.43. The highest BCUT2D eigenvalue weighted by molar-refractivity contribution is 5.96. The summed E-state index contributed by atoms with van der Waals surface area (Å²) in [5.41, 5.74) is 2.91. The van der Waals surface area contributed by atoms with Crippen LogP contribution < -0.4 is 5.32 Å². The smallest absolute Gasteiger partial charge is 0.326 e. The van der Waals surface area contributed by atoms with Crippen LogP contribution in [-0.2, 0) is 17.6 Å². The quantitative estimate of drug-likeness (QED) is 0.731. The number of carboxylic acids is 1. The number of aliphatic hydroxyl groups is 1. The Morgan fingerprint density at radius 1 is 1.26 bits per heavy atom. The summed E-state index contributed by atoms with van der Waals surface area (Å²) in [5, 5.41) is 20.1. The number of amides is 1. The monoisotopic (exact) mass is 263 g/mol. The molecule has 102 valence electrons. The fourth-order valence-corrected chi connectivity index (χ4v) is 2.34. The summed E-state index contributed by atoms with van der Waals surface area (Å²) >= 11 is 0. The summed E-state index contributed by atoms with van der Waals surface area (Å²) in [5.74, 6) is -1.54. The van der Waals surface area contributed by atoms with Gasteiger partial charge in [-0.3, -0.25) is 4.79 Å². The van der Waals surface area contributed by atoms with E-state index in [1.165, 1.54) is 11.1 Å². The van der Waals surface area contributed by atoms with Gasteiger partial charge in [-0.15, -0.1) is 0 Å². The number of hydrogen-bond donors (Lipinski definition) is 3. The van der Waals surface area contributed by atoms with Crippen molar-refractivity contribution < 1.29 is 19.8 Å². The molecule has 19 heavy (non-hydrogen) atoms. The van der Waals surface area contributed by atoms with Gasteiger partial charge in [0.05, 0.1) is 0 Å². The average molecular weight is 263 g/mol. The molecule has 3 N–H and O–H groups in total. The van der Waals surface area contributed by atoms with Gasteiger partial charge < -0.3 is 15.5 Å². The van der Waals surface area contributed by atoms with E-state index in [1.54, 1.807) is 6.07 Å². The first kappa shape index (κ1) is 13.5. The summed E-state index contributed by atoms with van der Waals surface area (Å²) in [7, 11) is 0. The maximum atomic E-state index is 12.0. The highest BCUT2D eigenvalue weighted by Gasteiger charge is 2.21. The minimum atomic E-state index is -1.14. The Morgan fingerprint density at radius 3 is 2.68 bits per heavy atom. The van der Waals surface area contributed by atoms with Gasteiger partial charge >= 0.3 is 5.97 Å². The van der Waals surface area contributed by atoms with E-state index in [0.29, 0.717) is 5.56 Å². The number of carbonyl (C=O) groups is 2. The van der Waals surface area contributed by atoms with Crippen molar-refractivity contribution in [3.05, 3.63) is 34.9 Å². The van der Waals surface area contributed by atoms with Crippen LogP contribution in [0.25, 0.3) is 0 Å². The number of benzene rings is 1. The minimum absolute atomic E-state index is 0.00597. The van der Waals surface area contributed by atoms with Gasteiger partial charge in [0.1, 0.15) is 6.04 Å². The van der Waals surface area contributed by atoms with Crippen LogP contribution in [0.2, 0.25) is 0 Å². The van der Waals surface area contributed by atoms with E-state index in [9.17, 15) is 9.59 Å². The van der Waals surface area contributed by atoms with Crippen molar-refractivity contribution in [2.24, 2.45) is 0 Å². The molecule has 1 aliphatic carbocycles. The van der Waals surface area contributed by atoms with Gasteiger partial charge in [0, 0.05) is 18.6 Å². The number of carbonyl (C=O) groups excluding carboxylic acids is 1. The van der Waals surface area contributed by atoms with Gasteiger partial charge in [-0.25, -0.2) is 4.79 Å². The molecule has 1 atom stereocenters. The molecule has 1 amide bonds. The third-order valence-corrected chi connectivity index (χ3v) is 3.38. The molecule has 0 radical (unpaired) electrons. The van der Waals surface area contributed by atoms with E-state index in [2.05, 4.69) is 5.32 Å². The van der Waals surface area contributed by atoms with Crippen LogP contribution in [0.1, 0.15) is 34.3 Å². The fourth-order valence-electron chi connectivity index (χ4n) is 2.34. The van der Waals surface area contributed by atoms with Crippen LogP contribution >= 0.6 is 0 Å². The van der Waals surface area contributed by atoms with E-state index >= 15 is 0 Å². The Balaban J connectivity index is 2.09. The van der Waals surface area contributed by atoms with E-state index in [-0.39, 0.29) is 13.0 Å². The fraction of sp³-hybridized carbons (Fsp3) is 0.429. The SMILES string of the molecule is O=C(NC(CCO)C(=O)O)c1ccc2c(c1)CCC2. The molecule has 2 rings (SSSR count). The maximum absolute atomic E-state index is 12.0. The Labute approximate surface area is 111 Å². The number of hydrogen-bond acceptors (Lipinski definition) is 3. The van der Waals surface area contributed by atoms with Gasteiger partial charge in [0.25, 0.3) is 5.91 Å².